The highest BCUT2D eigenvalue weighted by Gasteiger charge is 2.19. The van der Waals surface area contributed by atoms with Crippen LogP contribution in [0.3, 0.4) is 0 Å². The Labute approximate surface area is 115 Å². The van der Waals surface area contributed by atoms with Crippen LogP contribution < -0.4 is 5.32 Å². The van der Waals surface area contributed by atoms with Crippen molar-refractivity contribution in [2.75, 3.05) is 6.54 Å². The van der Waals surface area contributed by atoms with Gasteiger partial charge >= 0.3 is 0 Å². The first-order valence-electron chi connectivity index (χ1n) is 6.16. The Morgan fingerprint density at radius 3 is 2.89 bits per heavy atom. The molecule has 0 saturated heterocycles. The molecule has 1 heterocycles. The minimum Gasteiger partial charge on any atom is -0.352 e. The lowest BCUT2D eigenvalue weighted by molar-refractivity contribution is -0.385. The first-order valence-corrected chi connectivity index (χ1v) is 6.54. The van der Waals surface area contributed by atoms with E-state index in [1.807, 2.05) is 0 Å². The molecule has 0 unspecified atom stereocenters. The van der Waals surface area contributed by atoms with Gasteiger partial charge in [0.1, 0.15) is 11.3 Å². The Kier molecular flexibility index (Phi) is 4.31. The maximum Gasteiger partial charge on any atom is 0.288 e. The van der Waals surface area contributed by atoms with Crippen LogP contribution >= 0.6 is 11.6 Å². The molecule has 1 aromatic rings. The van der Waals surface area contributed by atoms with Crippen molar-refractivity contribution < 1.29 is 9.72 Å². The van der Waals surface area contributed by atoms with Gasteiger partial charge in [-0.25, -0.2) is 4.98 Å². The molecule has 1 saturated carbocycles. The molecular formula is C12H14ClN3O3. The number of nitro groups is 1. The van der Waals surface area contributed by atoms with E-state index >= 15 is 0 Å². The minimum atomic E-state index is -0.603. The maximum atomic E-state index is 11.9. The fourth-order valence-electron chi connectivity index (χ4n) is 1.96. The third-order valence-electron chi connectivity index (χ3n) is 3.34. The van der Waals surface area contributed by atoms with Gasteiger partial charge in [0.25, 0.3) is 11.6 Å². The monoisotopic (exact) mass is 283 g/mol. The molecule has 19 heavy (non-hydrogen) atoms. The molecule has 1 fully saturated rings. The first kappa shape index (κ1) is 13.7. The minimum absolute atomic E-state index is 0.0215. The van der Waals surface area contributed by atoms with Crippen molar-refractivity contribution in [2.24, 2.45) is 5.92 Å². The van der Waals surface area contributed by atoms with Crippen molar-refractivity contribution in [1.29, 1.82) is 0 Å². The number of pyridine rings is 1. The molecule has 1 amide bonds. The topological polar surface area (TPSA) is 85.1 Å². The molecule has 1 N–H and O–H groups in total. The van der Waals surface area contributed by atoms with E-state index in [9.17, 15) is 14.9 Å². The van der Waals surface area contributed by atoms with Crippen molar-refractivity contribution >= 4 is 23.2 Å². The predicted octanol–water partition coefficient (Wildman–Crippen LogP) is 2.56. The van der Waals surface area contributed by atoms with E-state index in [0.717, 1.165) is 18.7 Å². The van der Waals surface area contributed by atoms with Gasteiger partial charge in [-0.1, -0.05) is 30.9 Å². The number of nitrogens with zero attached hydrogens (tertiary/aromatic N) is 2. The van der Waals surface area contributed by atoms with Crippen LogP contribution in [-0.4, -0.2) is 22.4 Å². The summed E-state index contributed by atoms with van der Waals surface area (Å²) in [6.45, 7) is 0.558. The van der Waals surface area contributed by atoms with Gasteiger partial charge in [0.2, 0.25) is 0 Å². The summed E-state index contributed by atoms with van der Waals surface area (Å²) in [4.78, 5) is 25.5. The second-order valence-electron chi connectivity index (χ2n) is 4.63. The van der Waals surface area contributed by atoms with Gasteiger partial charge in [-0.2, -0.15) is 0 Å². The SMILES string of the molecule is O=C(NCCC1CCC1)c1cc([N+](=O)[O-])cnc1Cl. The van der Waals surface area contributed by atoms with Crippen LogP contribution in [0.15, 0.2) is 12.3 Å². The third-order valence-corrected chi connectivity index (χ3v) is 3.64. The number of aromatic nitrogens is 1. The third kappa shape index (κ3) is 3.41. The summed E-state index contributed by atoms with van der Waals surface area (Å²) in [5.74, 6) is 0.277. The normalized spacial score (nSPS) is 14.8. The van der Waals surface area contributed by atoms with Crippen molar-refractivity contribution in [3.8, 4) is 0 Å². The van der Waals surface area contributed by atoms with Crippen molar-refractivity contribution in [1.82, 2.24) is 10.3 Å². The lowest BCUT2D eigenvalue weighted by Crippen LogP contribution is -2.27. The zero-order chi connectivity index (χ0) is 13.8. The van der Waals surface area contributed by atoms with Crippen molar-refractivity contribution in [3.63, 3.8) is 0 Å². The number of hydrogen-bond acceptors (Lipinski definition) is 4. The summed E-state index contributed by atoms with van der Waals surface area (Å²) < 4.78 is 0. The molecule has 0 atom stereocenters. The van der Waals surface area contributed by atoms with Gasteiger partial charge < -0.3 is 5.32 Å². The summed E-state index contributed by atoms with van der Waals surface area (Å²) in [5, 5.41) is 13.3. The highest BCUT2D eigenvalue weighted by Crippen LogP contribution is 2.28. The Hall–Kier alpha value is -1.69. The van der Waals surface area contributed by atoms with Crippen LogP contribution in [0.4, 0.5) is 5.69 Å². The molecule has 0 aromatic carbocycles. The number of rotatable bonds is 5. The summed E-state index contributed by atoms with van der Waals surface area (Å²) in [7, 11) is 0. The Bertz CT molecular complexity index is 503. The van der Waals surface area contributed by atoms with E-state index in [-0.39, 0.29) is 16.4 Å². The summed E-state index contributed by atoms with van der Waals surface area (Å²) in [6, 6.07) is 1.15. The number of halogens is 1. The Balaban J connectivity index is 1.96. The predicted molar refractivity (Wildman–Crippen MR) is 70.2 cm³/mol. The fraction of sp³-hybridized carbons (Fsp3) is 0.500. The standard InChI is InChI=1S/C12H14ClN3O3/c13-11-10(6-9(7-15-11)16(18)19)12(17)14-5-4-8-2-1-3-8/h6-8H,1-5H2,(H,14,17). The zero-order valence-electron chi connectivity index (χ0n) is 10.3. The largest absolute Gasteiger partial charge is 0.352 e. The average molecular weight is 284 g/mol. The number of carbonyl (C=O) groups excluding carboxylic acids is 1. The Morgan fingerprint density at radius 1 is 1.58 bits per heavy atom. The summed E-state index contributed by atoms with van der Waals surface area (Å²) in [5.41, 5.74) is -0.196. The van der Waals surface area contributed by atoms with E-state index in [2.05, 4.69) is 10.3 Å². The second-order valence-corrected chi connectivity index (χ2v) is 4.99. The molecule has 0 bridgehead atoms. The van der Waals surface area contributed by atoms with Crippen LogP contribution in [0.1, 0.15) is 36.0 Å². The highest BCUT2D eigenvalue weighted by molar-refractivity contribution is 6.32. The number of nitrogens with one attached hydrogen (secondary N) is 1. The van der Waals surface area contributed by atoms with Gasteiger partial charge in [-0.15, -0.1) is 0 Å². The zero-order valence-corrected chi connectivity index (χ0v) is 11.0. The molecule has 1 aliphatic carbocycles. The molecule has 0 radical (unpaired) electrons. The fourth-order valence-corrected chi connectivity index (χ4v) is 2.15. The van der Waals surface area contributed by atoms with Gasteiger partial charge in [-0.3, -0.25) is 14.9 Å². The molecule has 6 nitrogen and oxygen atoms in total. The van der Waals surface area contributed by atoms with Crippen molar-refractivity contribution in [2.45, 2.75) is 25.7 Å². The van der Waals surface area contributed by atoms with Crippen molar-refractivity contribution in [3.05, 3.63) is 33.1 Å². The molecule has 102 valence electrons. The lowest BCUT2D eigenvalue weighted by atomic mass is 9.83. The first-order chi connectivity index (χ1) is 9.08. The van der Waals surface area contributed by atoms with Crippen LogP contribution in [-0.2, 0) is 0 Å². The maximum absolute atomic E-state index is 11.9. The highest BCUT2D eigenvalue weighted by atomic mass is 35.5. The van der Waals surface area contributed by atoms with E-state index < -0.39 is 10.8 Å². The smallest absolute Gasteiger partial charge is 0.288 e. The molecule has 1 aliphatic rings. The van der Waals surface area contributed by atoms with E-state index in [1.165, 1.54) is 19.3 Å². The molecular weight excluding hydrogens is 270 g/mol. The van der Waals surface area contributed by atoms with Gasteiger partial charge in [0, 0.05) is 12.6 Å². The summed E-state index contributed by atoms with van der Waals surface area (Å²) in [6.07, 6.45) is 5.67. The van der Waals surface area contributed by atoms with Crippen LogP contribution in [0, 0.1) is 16.0 Å². The van der Waals surface area contributed by atoms with Crippen LogP contribution in [0.5, 0.6) is 0 Å². The molecule has 2 rings (SSSR count). The van der Waals surface area contributed by atoms with Crippen LogP contribution in [0.25, 0.3) is 0 Å². The summed E-state index contributed by atoms with van der Waals surface area (Å²) >= 11 is 5.78. The van der Waals surface area contributed by atoms with Gasteiger partial charge in [-0.05, 0) is 12.3 Å². The second kappa shape index (κ2) is 5.97. The number of hydrogen-bond donors (Lipinski definition) is 1. The molecule has 1 aromatic heterocycles. The Morgan fingerprint density at radius 2 is 2.32 bits per heavy atom. The van der Waals surface area contributed by atoms with E-state index in [0.29, 0.717) is 12.5 Å². The van der Waals surface area contributed by atoms with E-state index in [4.69, 9.17) is 11.6 Å². The molecule has 0 spiro atoms. The van der Waals surface area contributed by atoms with Gasteiger partial charge in [0.05, 0.1) is 10.5 Å². The van der Waals surface area contributed by atoms with Crippen LogP contribution in [0.2, 0.25) is 5.15 Å². The average Bonchev–Trinajstić information content (AvgIpc) is 2.32. The molecule has 7 heteroatoms. The number of amides is 1. The molecule has 0 aliphatic heterocycles. The van der Waals surface area contributed by atoms with E-state index in [1.54, 1.807) is 0 Å². The number of carbonyl (C=O) groups is 1. The lowest BCUT2D eigenvalue weighted by Gasteiger charge is -2.25. The van der Waals surface area contributed by atoms with Gasteiger partial charge in [0.15, 0.2) is 0 Å². The quantitative estimate of drug-likeness (QED) is 0.511.